The highest BCUT2D eigenvalue weighted by Gasteiger charge is 2.30. The van der Waals surface area contributed by atoms with Crippen molar-refractivity contribution in [2.24, 2.45) is 0 Å². The minimum absolute atomic E-state index is 0.295. The maximum Gasteiger partial charge on any atom is 0.241 e. The van der Waals surface area contributed by atoms with Crippen LogP contribution in [0.5, 0.6) is 0 Å². The fourth-order valence-electron chi connectivity index (χ4n) is 2.07. The van der Waals surface area contributed by atoms with E-state index in [4.69, 9.17) is 0 Å². The van der Waals surface area contributed by atoms with Crippen LogP contribution in [0, 0.1) is 0 Å². The minimum atomic E-state index is -3.62. The van der Waals surface area contributed by atoms with Gasteiger partial charge >= 0.3 is 0 Å². The van der Waals surface area contributed by atoms with E-state index in [1.807, 2.05) is 25.3 Å². The van der Waals surface area contributed by atoms with E-state index in [0.29, 0.717) is 11.4 Å². The standard InChI is InChI=1S/C14H19N3O2S2/c1-14(2,13-16-8-9-20-13)17-21(18,19)12-7-5-4-6-11(12)10-15-3/h4-9,15,17H,10H2,1-3H3. The van der Waals surface area contributed by atoms with Crippen LogP contribution in [0.2, 0.25) is 0 Å². The van der Waals surface area contributed by atoms with E-state index in [1.165, 1.54) is 11.3 Å². The summed E-state index contributed by atoms with van der Waals surface area (Å²) in [6, 6.07) is 6.98. The van der Waals surface area contributed by atoms with Gasteiger partial charge in [0.05, 0.1) is 10.4 Å². The van der Waals surface area contributed by atoms with Crippen molar-refractivity contribution in [1.29, 1.82) is 0 Å². The van der Waals surface area contributed by atoms with Gasteiger partial charge in [0.25, 0.3) is 0 Å². The number of aromatic nitrogens is 1. The molecule has 0 aliphatic heterocycles. The summed E-state index contributed by atoms with van der Waals surface area (Å²) in [6.45, 7) is 4.11. The lowest BCUT2D eigenvalue weighted by molar-refractivity contribution is 0.469. The molecule has 2 N–H and O–H groups in total. The zero-order valence-corrected chi connectivity index (χ0v) is 13.9. The van der Waals surface area contributed by atoms with E-state index in [-0.39, 0.29) is 0 Å². The van der Waals surface area contributed by atoms with Crippen molar-refractivity contribution in [2.75, 3.05) is 7.05 Å². The molecule has 0 saturated heterocycles. The highest BCUT2D eigenvalue weighted by atomic mass is 32.2. The van der Waals surface area contributed by atoms with Gasteiger partial charge in [0.15, 0.2) is 0 Å². The van der Waals surface area contributed by atoms with E-state index in [9.17, 15) is 8.42 Å². The molecule has 1 aromatic carbocycles. The van der Waals surface area contributed by atoms with E-state index in [1.54, 1.807) is 31.4 Å². The molecule has 21 heavy (non-hydrogen) atoms. The van der Waals surface area contributed by atoms with Gasteiger partial charge in [-0.05, 0) is 32.5 Å². The van der Waals surface area contributed by atoms with Gasteiger partial charge in [0.1, 0.15) is 5.01 Å². The Morgan fingerprint density at radius 3 is 2.62 bits per heavy atom. The lowest BCUT2D eigenvalue weighted by Crippen LogP contribution is -2.41. The van der Waals surface area contributed by atoms with Crippen LogP contribution in [0.15, 0.2) is 40.7 Å². The number of nitrogens with zero attached hydrogens (tertiary/aromatic N) is 1. The summed E-state index contributed by atoms with van der Waals surface area (Å²) >= 11 is 1.43. The number of hydrogen-bond donors (Lipinski definition) is 2. The minimum Gasteiger partial charge on any atom is -0.316 e. The Kier molecular flexibility index (Phi) is 4.77. The van der Waals surface area contributed by atoms with Gasteiger partial charge < -0.3 is 5.32 Å². The van der Waals surface area contributed by atoms with Crippen LogP contribution < -0.4 is 10.0 Å². The van der Waals surface area contributed by atoms with Gasteiger partial charge in [-0.3, -0.25) is 0 Å². The Labute approximate surface area is 129 Å². The van der Waals surface area contributed by atoms with Gasteiger partial charge in [-0.25, -0.2) is 13.4 Å². The second-order valence-corrected chi connectivity index (χ2v) is 7.75. The first-order valence-corrected chi connectivity index (χ1v) is 8.89. The van der Waals surface area contributed by atoms with Gasteiger partial charge in [-0.1, -0.05) is 18.2 Å². The van der Waals surface area contributed by atoms with Gasteiger partial charge in [-0.2, -0.15) is 4.72 Å². The Morgan fingerprint density at radius 2 is 2.00 bits per heavy atom. The summed E-state index contributed by atoms with van der Waals surface area (Å²) in [5, 5.41) is 5.55. The number of rotatable bonds is 6. The highest BCUT2D eigenvalue weighted by molar-refractivity contribution is 7.89. The second kappa shape index (κ2) is 6.23. The smallest absolute Gasteiger partial charge is 0.241 e. The molecule has 5 nitrogen and oxygen atoms in total. The van der Waals surface area contributed by atoms with E-state index in [0.717, 1.165) is 10.6 Å². The maximum atomic E-state index is 12.7. The first kappa shape index (κ1) is 16.1. The topological polar surface area (TPSA) is 71.1 Å². The molecular weight excluding hydrogens is 306 g/mol. The molecule has 0 radical (unpaired) electrons. The summed E-state index contributed by atoms with van der Waals surface area (Å²) in [4.78, 5) is 4.50. The molecule has 0 bridgehead atoms. The summed E-state index contributed by atoms with van der Waals surface area (Å²) in [5.41, 5.74) is -0.0119. The van der Waals surface area contributed by atoms with Gasteiger partial charge in [-0.15, -0.1) is 11.3 Å². The largest absolute Gasteiger partial charge is 0.316 e. The predicted octanol–water partition coefficient (Wildman–Crippen LogP) is 2.08. The van der Waals surface area contributed by atoms with E-state index in [2.05, 4.69) is 15.0 Å². The number of thiazole rings is 1. The molecule has 0 saturated carbocycles. The lowest BCUT2D eigenvalue weighted by Gasteiger charge is -2.24. The number of benzene rings is 1. The molecule has 1 heterocycles. The first-order valence-electron chi connectivity index (χ1n) is 6.53. The fraction of sp³-hybridized carbons (Fsp3) is 0.357. The summed E-state index contributed by atoms with van der Waals surface area (Å²) in [6.07, 6.45) is 1.67. The molecule has 0 atom stereocenters. The van der Waals surface area contributed by atoms with E-state index < -0.39 is 15.6 Å². The molecular formula is C14H19N3O2S2. The molecule has 1 aromatic heterocycles. The van der Waals surface area contributed by atoms with Crippen LogP contribution in [0.1, 0.15) is 24.4 Å². The summed E-state index contributed by atoms with van der Waals surface area (Å²) in [5.74, 6) is 0. The van der Waals surface area contributed by atoms with Crippen molar-refractivity contribution >= 4 is 21.4 Å². The Bertz CT molecular complexity index is 695. The molecule has 0 amide bonds. The quantitative estimate of drug-likeness (QED) is 0.853. The van der Waals surface area contributed by atoms with Crippen LogP contribution in [0.3, 0.4) is 0 Å². The molecule has 2 rings (SSSR count). The third-order valence-electron chi connectivity index (χ3n) is 2.99. The molecule has 0 aliphatic rings. The Hall–Kier alpha value is -1.28. The van der Waals surface area contributed by atoms with Crippen molar-refractivity contribution in [1.82, 2.24) is 15.0 Å². The van der Waals surface area contributed by atoms with Crippen LogP contribution in [0.4, 0.5) is 0 Å². The average molecular weight is 325 g/mol. The van der Waals surface area contributed by atoms with Gasteiger partial charge in [0, 0.05) is 18.1 Å². The molecule has 0 spiro atoms. The molecule has 0 unspecified atom stereocenters. The number of sulfonamides is 1. The predicted molar refractivity (Wildman–Crippen MR) is 84.7 cm³/mol. The molecule has 0 aliphatic carbocycles. The van der Waals surface area contributed by atoms with Crippen molar-refractivity contribution in [3.8, 4) is 0 Å². The zero-order chi connectivity index (χ0) is 15.5. The van der Waals surface area contributed by atoms with Crippen LogP contribution >= 0.6 is 11.3 Å². The van der Waals surface area contributed by atoms with Crippen molar-refractivity contribution < 1.29 is 8.42 Å². The van der Waals surface area contributed by atoms with Crippen LogP contribution in [-0.4, -0.2) is 20.4 Å². The Morgan fingerprint density at radius 1 is 1.29 bits per heavy atom. The van der Waals surface area contributed by atoms with Gasteiger partial charge in [0.2, 0.25) is 10.0 Å². The SMILES string of the molecule is CNCc1ccccc1S(=O)(=O)NC(C)(C)c1nccs1. The molecule has 114 valence electrons. The molecule has 0 fully saturated rings. The average Bonchev–Trinajstić information content (AvgIpc) is 2.93. The summed E-state index contributed by atoms with van der Waals surface area (Å²) in [7, 11) is -1.83. The first-order chi connectivity index (χ1) is 9.87. The second-order valence-electron chi connectivity index (χ2n) is 5.21. The van der Waals surface area contributed by atoms with Crippen LogP contribution in [0.25, 0.3) is 0 Å². The third-order valence-corrected chi connectivity index (χ3v) is 5.84. The highest BCUT2D eigenvalue weighted by Crippen LogP contribution is 2.25. The van der Waals surface area contributed by atoms with Crippen molar-refractivity contribution in [2.45, 2.75) is 30.8 Å². The number of nitrogens with one attached hydrogen (secondary N) is 2. The Balaban J connectivity index is 2.35. The van der Waals surface area contributed by atoms with Crippen molar-refractivity contribution in [3.63, 3.8) is 0 Å². The summed E-state index contributed by atoms with van der Waals surface area (Å²) < 4.78 is 28.1. The molecule has 2 aromatic rings. The maximum absolute atomic E-state index is 12.7. The third kappa shape index (κ3) is 3.68. The monoisotopic (exact) mass is 325 g/mol. The van der Waals surface area contributed by atoms with E-state index >= 15 is 0 Å². The fourth-order valence-corrected chi connectivity index (χ4v) is 4.47. The zero-order valence-electron chi connectivity index (χ0n) is 12.3. The normalized spacial score (nSPS) is 12.5. The van der Waals surface area contributed by atoms with Crippen LogP contribution in [-0.2, 0) is 22.1 Å². The molecule has 7 heteroatoms. The lowest BCUT2D eigenvalue weighted by atomic mass is 10.1. The number of hydrogen-bond acceptors (Lipinski definition) is 5. The van der Waals surface area contributed by atoms with Crippen molar-refractivity contribution in [3.05, 3.63) is 46.4 Å².